The van der Waals surface area contributed by atoms with Crippen molar-refractivity contribution in [1.29, 1.82) is 0 Å². The number of likely N-dealkylation sites (tertiary alicyclic amines) is 1. The summed E-state index contributed by atoms with van der Waals surface area (Å²) in [6.45, 7) is 19.4. The van der Waals surface area contributed by atoms with E-state index in [4.69, 9.17) is 4.74 Å². The predicted octanol–water partition coefficient (Wildman–Crippen LogP) is 5.12. The first-order valence-corrected chi connectivity index (χ1v) is 20.5. The van der Waals surface area contributed by atoms with Crippen molar-refractivity contribution in [3.05, 3.63) is 0 Å². The van der Waals surface area contributed by atoms with E-state index in [2.05, 4.69) is 48.1 Å². The van der Waals surface area contributed by atoms with E-state index < -0.39 is 0 Å². The second kappa shape index (κ2) is 13.1. The summed E-state index contributed by atoms with van der Waals surface area (Å²) in [5, 5.41) is 7.27. The zero-order valence-electron chi connectivity index (χ0n) is 30.8. The highest BCUT2D eigenvalue weighted by Crippen LogP contribution is 2.71. The Kier molecular flexibility index (Phi) is 9.24. The van der Waals surface area contributed by atoms with Crippen LogP contribution in [0.25, 0.3) is 0 Å². The van der Waals surface area contributed by atoms with Gasteiger partial charge in [-0.3, -0.25) is 19.8 Å². The summed E-state index contributed by atoms with van der Waals surface area (Å²) >= 11 is 0. The molecule has 4 aliphatic carbocycles. The summed E-state index contributed by atoms with van der Waals surface area (Å²) in [6.07, 6.45) is 15.6. The molecule has 4 saturated carbocycles. The van der Waals surface area contributed by atoms with Gasteiger partial charge in [0.2, 0.25) is 11.8 Å². The monoisotopic (exact) mass is 666 g/mol. The van der Waals surface area contributed by atoms with Crippen LogP contribution in [0.4, 0.5) is 0 Å². The molecule has 12 atom stereocenters. The first-order chi connectivity index (χ1) is 23.1. The number of piperidine rings is 1. The van der Waals surface area contributed by atoms with Gasteiger partial charge < -0.3 is 19.9 Å². The Hall–Kier alpha value is -1.22. The first kappa shape index (κ1) is 33.9. The molecule has 0 aromatic heterocycles. The first-order valence-electron chi connectivity index (χ1n) is 20.5. The quantitative estimate of drug-likeness (QED) is 0.384. The molecule has 8 rings (SSSR count). The molecule has 1 spiro atoms. The van der Waals surface area contributed by atoms with Crippen LogP contribution in [0.5, 0.6) is 0 Å². The molecule has 0 aromatic rings. The van der Waals surface area contributed by atoms with Crippen LogP contribution >= 0.6 is 0 Å². The largest absolute Gasteiger partial charge is 0.357 e. The average molecular weight is 666 g/mol. The molecular weight excluding hydrogens is 598 g/mol. The van der Waals surface area contributed by atoms with E-state index in [1.54, 1.807) is 0 Å². The number of nitrogens with one attached hydrogen (secondary N) is 2. The molecule has 8 fully saturated rings. The molecule has 1 unspecified atom stereocenters. The van der Waals surface area contributed by atoms with Crippen molar-refractivity contribution in [1.82, 2.24) is 25.3 Å². The fourth-order valence-corrected chi connectivity index (χ4v) is 13.6. The van der Waals surface area contributed by atoms with E-state index in [1.807, 2.05) is 4.90 Å². The molecular formula is C40H67N5O3. The topological polar surface area (TPSA) is 77.1 Å². The van der Waals surface area contributed by atoms with Crippen molar-refractivity contribution in [2.75, 3.05) is 58.9 Å². The minimum Gasteiger partial charge on any atom is -0.357 e. The molecule has 4 saturated heterocycles. The van der Waals surface area contributed by atoms with Crippen molar-refractivity contribution in [3.8, 4) is 0 Å². The Morgan fingerprint density at radius 1 is 0.812 bits per heavy atom. The maximum absolute atomic E-state index is 13.2. The molecule has 8 heteroatoms. The number of piperazine rings is 1. The Bertz CT molecular complexity index is 1190. The van der Waals surface area contributed by atoms with Crippen LogP contribution in [0, 0.1) is 52.3 Å². The van der Waals surface area contributed by atoms with Gasteiger partial charge in [-0.15, -0.1) is 0 Å². The van der Waals surface area contributed by atoms with Crippen molar-refractivity contribution in [3.63, 3.8) is 0 Å². The van der Waals surface area contributed by atoms with Gasteiger partial charge in [-0.05, 0) is 136 Å². The van der Waals surface area contributed by atoms with Crippen molar-refractivity contribution in [2.45, 2.75) is 129 Å². The van der Waals surface area contributed by atoms with Crippen LogP contribution in [0.2, 0.25) is 0 Å². The molecule has 270 valence electrons. The molecule has 2 N–H and O–H groups in total. The van der Waals surface area contributed by atoms with Crippen LogP contribution in [0.3, 0.4) is 0 Å². The minimum absolute atomic E-state index is 0.00975. The maximum Gasteiger partial charge on any atom is 0.232 e. The van der Waals surface area contributed by atoms with Crippen molar-refractivity contribution in [2.24, 2.45) is 52.3 Å². The fourth-order valence-electron chi connectivity index (χ4n) is 13.6. The zero-order valence-corrected chi connectivity index (χ0v) is 30.8. The third-order valence-electron chi connectivity index (χ3n) is 16.5. The second-order valence-electron chi connectivity index (χ2n) is 18.8. The zero-order chi connectivity index (χ0) is 33.3. The Morgan fingerprint density at radius 2 is 1.54 bits per heavy atom. The molecule has 4 aliphatic heterocycles. The average Bonchev–Trinajstić information content (AvgIpc) is 3.77. The van der Waals surface area contributed by atoms with Gasteiger partial charge >= 0.3 is 0 Å². The number of hydrogen-bond donors (Lipinski definition) is 2. The van der Waals surface area contributed by atoms with E-state index in [-0.39, 0.29) is 30.0 Å². The summed E-state index contributed by atoms with van der Waals surface area (Å²) in [5.74, 6) is 5.09. The lowest BCUT2D eigenvalue weighted by molar-refractivity contribution is -0.140. The van der Waals surface area contributed by atoms with E-state index in [9.17, 15) is 9.59 Å². The lowest BCUT2D eigenvalue weighted by atomic mass is 9.44. The number of hydrogen-bond acceptors (Lipinski definition) is 6. The van der Waals surface area contributed by atoms with Gasteiger partial charge in [-0.1, -0.05) is 27.7 Å². The molecule has 0 radical (unpaired) electrons. The van der Waals surface area contributed by atoms with Gasteiger partial charge in [0.1, 0.15) is 12.1 Å². The van der Waals surface area contributed by atoms with Crippen molar-refractivity contribution < 1.29 is 14.3 Å². The third kappa shape index (κ3) is 5.88. The molecule has 8 nitrogen and oxygen atoms in total. The van der Waals surface area contributed by atoms with E-state index >= 15 is 0 Å². The van der Waals surface area contributed by atoms with Gasteiger partial charge in [0.05, 0.1) is 6.10 Å². The minimum atomic E-state index is -0.0778. The summed E-state index contributed by atoms with van der Waals surface area (Å²) in [6, 6.07) is 0.221. The lowest BCUT2D eigenvalue weighted by Crippen LogP contribution is -2.58. The molecule has 0 aromatic carbocycles. The molecule has 8 aliphatic rings. The van der Waals surface area contributed by atoms with Crippen LogP contribution < -0.4 is 10.6 Å². The summed E-state index contributed by atoms with van der Waals surface area (Å²) in [4.78, 5) is 33.2. The number of carbonyl (C=O) groups is 2. The summed E-state index contributed by atoms with van der Waals surface area (Å²) < 4.78 is 7.11. The second-order valence-corrected chi connectivity index (χ2v) is 18.8. The summed E-state index contributed by atoms with van der Waals surface area (Å²) in [5.41, 5.74) is 0.703. The van der Waals surface area contributed by atoms with Gasteiger partial charge in [0, 0.05) is 57.8 Å². The highest BCUT2D eigenvalue weighted by molar-refractivity contribution is 5.97. The number of amides is 2. The predicted molar refractivity (Wildman–Crippen MR) is 189 cm³/mol. The Labute approximate surface area is 291 Å². The smallest absolute Gasteiger partial charge is 0.232 e. The fraction of sp³-hybridized carbons (Fsp3) is 0.950. The van der Waals surface area contributed by atoms with Crippen molar-refractivity contribution >= 4 is 11.8 Å². The molecule has 2 amide bonds. The number of fused-ring (bicyclic) bond motifs is 7. The molecule has 48 heavy (non-hydrogen) atoms. The highest BCUT2D eigenvalue weighted by atomic mass is 16.5. The van der Waals surface area contributed by atoms with Gasteiger partial charge in [-0.25, -0.2) is 0 Å². The molecule has 0 bridgehead atoms. The maximum atomic E-state index is 13.2. The lowest BCUT2D eigenvalue weighted by Gasteiger charge is -2.61. The van der Waals surface area contributed by atoms with Gasteiger partial charge in [0.25, 0.3) is 0 Å². The number of rotatable bonds is 6. The SMILES string of the molecule is C[C@@H]1CC[C@@]2(NC1)O[C@H]1C[C@H]3[C@@H]4CC[C@@H]5CC(NC(=O)CC(=O)N6CCN(CCN7CCCC7)CC6)CC[C@]5(C)[C@H]4CC[C@]3(C)[C@H]1[C@@H]2C. The third-order valence-corrected chi connectivity index (χ3v) is 16.5. The number of carbonyl (C=O) groups excluding carboxylic acids is 2. The van der Waals surface area contributed by atoms with Crippen LogP contribution in [-0.2, 0) is 14.3 Å². The number of nitrogens with zero attached hydrogens (tertiary/aromatic N) is 3. The van der Waals surface area contributed by atoms with Crippen LogP contribution in [0.15, 0.2) is 0 Å². The van der Waals surface area contributed by atoms with Gasteiger partial charge in [0.15, 0.2) is 0 Å². The van der Waals surface area contributed by atoms with Crippen LogP contribution in [-0.4, -0.2) is 103 Å². The van der Waals surface area contributed by atoms with Crippen LogP contribution in [0.1, 0.15) is 111 Å². The van der Waals surface area contributed by atoms with E-state index in [1.165, 1.54) is 77.3 Å². The summed E-state index contributed by atoms with van der Waals surface area (Å²) in [7, 11) is 0. The van der Waals surface area contributed by atoms with Gasteiger partial charge in [-0.2, -0.15) is 0 Å². The van der Waals surface area contributed by atoms with E-state index in [0.29, 0.717) is 34.7 Å². The standard InChI is InChI=1S/C40H67N5O3/c1-27-9-14-40(41-26-27)28(2)37-34(48-40)24-33-31-8-7-29-23-30(10-12-38(29,3)32(31)11-13-39(33,37)4)42-35(46)25-36(47)45-21-19-44(20-22-45)18-17-43-15-5-6-16-43/h27-34,37,41H,5-26H2,1-4H3,(H,42,46)/t27-,28+,29-,30?,31-,32+,33+,34+,37+,38+,39+,40-/m1/s1. The normalized spacial score (nSPS) is 47.8. The Balaban J connectivity index is 0.820. The number of ether oxygens (including phenoxy) is 1. The Morgan fingerprint density at radius 3 is 2.27 bits per heavy atom. The highest BCUT2D eigenvalue weighted by Gasteiger charge is 2.68. The molecule has 4 heterocycles. The van der Waals surface area contributed by atoms with E-state index in [0.717, 1.165) is 82.3 Å².